The number of carbonyl (C=O) groups is 1. The Hall–Kier alpha value is -3.26. The maximum Gasteiger partial charge on any atom is 0.244 e. The van der Waals surface area contributed by atoms with Crippen LogP contribution in [0.15, 0.2) is 42.5 Å². The molecule has 0 spiro atoms. The van der Waals surface area contributed by atoms with Gasteiger partial charge in [-0.1, -0.05) is 12.1 Å². The first-order valence-corrected chi connectivity index (χ1v) is 10.5. The van der Waals surface area contributed by atoms with E-state index in [9.17, 15) is 9.18 Å². The van der Waals surface area contributed by atoms with E-state index in [1.165, 1.54) is 12.1 Å². The van der Waals surface area contributed by atoms with E-state index in [0.29, 0.717) is 29.5 Å². The number of para-hydroxylation sites is 1. The third-order valence-corrected chi connectivity index (χ3v) is 5.41. The first-order chi connectivity index (χ1) is 15.5. The van der Waals surface area contributed by atoms with Crippen molar-refractivity contribution in [2.24, 2.45) is 0 Å². The van der Waals surface area contributed by atoms with Crippen LogP contribution in [-0.4, -0.2) is 71.4 Å². The lowest BCUT2D eigenvalue weighted by atomic mass is 10.1. The highest BCUT2D eigenvalue weighted by Gasteiger charge is 2.19. The minimum atomic E-state index is -0.188. The highest BCUT2D eigenvalue weighted by atomic mass is 19.1. The molecule has 8 heteroatoms. The van der Waals surface area contributed by atoms with E-state index < -0.39 is 0 Å². The van der Waals surface area contributed by atoms with Crippen molar-refractivity contribution in [1.29, 1.82) is 0 Å². The molecule has 1 N–H and O–H groups in total. The monoisotopic (exact) mass is 443 g/mol. The molecule has 2 aromatic rings. The number of hydrogen-bond acceptors (Lipinski definition) is 6. The number of rotatable bonds is 9. The number of hydrogen-bond donors (Lipinski definition) is 1. The molecule has 0 unspecified atom stereocenters. The van der Waals surface area contributed by atoms with Crippen LogP contribution >= 0.6 is 0 Å². The SMILES string of the molecule is COc1cc(/C=C/C(=O)NCCN2CCN(c3ccccc3F)CC2)cc(OC)c1OC. The van der Waals surface area contributed by atoms with Gasteiger partial charge in [-0.3, -0.25) is 9.69 Å². The maximum absolute atomic E-state index is 14.0. The number of amides is 1. The molecule has 0 atom stereocenters. The number of carbonyl (C=O) groups excluding carboxylic acids is 1. The number of benzene rings is 2. The van der Waals surface area contributed by atoms with Crippen LogP contribution < -0.4 is 24.4 Å². The summed E-state index contributed by atoms with van der Waals surface area (Å²) in [5.74, 6) is 1.20. The summed E-state index contributed by atoms with van der Waals surface area (Å²) in [6.07, 6.45) is 3.18. The zero-order chi connectivity index (χ0) is 22.9. The Morgan fingerprint density at radius 1 is 1.03 bits per heavy atom. The van der Waals surface area contributed by atoms with Crippen LogP contribution in [0.1, 0.15) is 5.56 Å². The Labute approximate surface area is 188 Å². The van der Waals surface area contributed by atoms with Gasteiger partial charge in [0.1, 0.15) is 5.82 Å². The fourth-order valence-corrected chi connectivity index (χ4v) is 3.69. The molecular formula is C24H30FN3O4. The molecule has 32 heavy (non-hydrogen) atoms. The molecular weight excluding hydrogens is 413 g/mol. The van der Waals surface area contributed by atoms with Crippen LogP contribution in [-0.2, 0) is 4.79 Å². The highest BCUT2D eigenvalue weighted by molar-refractivity contribution is 5.91. The third kappa shape index (κ3) is 5.91. The van der Waals surface area contributed by atoms with Crippen molar-refractivity contribution in [2.45, 2.75) is 0 Å². The van der Waals surface area contributed by atoms with Gasteiger partial charge in [-0.25, -0.2) is 4.39 Å². The Bertz CT molecular complexity index is 918. The topological polar surface area (TPSA) is 63.3 Å². The maximum atomic E-state index is 14.0. The summed E-state index contributed by atoms with van der Waals surface area (Å²) in [7, 11) is 4.64. The summed E-state index contributed by atoms with van der Waals surface area (Å²) in [5.41, 5.74) is 1.41. The second-order valence-corrected chi connectivity index (χ2v) is 7.36. The molecule has 0 aliphatic carbocycles. The molecule has 7 nitrogen and oxygen atoms in total. The third-order valence-electron chi connectivity index (χ3n) is 5.41. The van der Waals surface area contributed by atoms with Gasteiger partial charge in [0, 0.05) is 45.3 Å². The van der Waals surface area contributed by atoms with Crippen LogP contribution in [0.2, 0.25) is 0 Å². The van der Waals surface area contributed by atoms with E-state index in [2.05, 4.69) is 15.1 Å². The summed E-state index contributed by atoms with van der Waals surface area (Å²) < 4.78 is 29.9. The van der Waals surface area contributed by atoms with E-state index in [4.69, 9.17) is 14.2 Å². The van der Waals surface area contributed by atoms with Gasteiger partial charge < -0.3 is 24.4 Å². The van der Waals surface area contributed by atoms with Gasteiger partial charge >= 0.3 is 0 Å². The van der Waals surface area contributed by atoms with Crippen LogP contribution in [0.5, 0.6) is 17.2 Å². The Morgan fingerprint density at radius 2 is 1.69 bits per heavy atom. The summed E-state index contributed by atoms with van der Waals surface area (Å²) in [6.45, 7) is 4.45. The molecule has 0 bridgehead atoms. The van der Waals surface area contributed by atoms with Crippen molar-refractivity contribution in [3.05, 3.63) is 53.9 Å². The van der Waals surface area contributed by atoms with Gasteiger partial charge in [-0.05, 0) is 35.9 Å². The van der Waals surface area contributed by atoms with Gasteiger partial charge in [0.05, 0.1) is 27.0 Å². The molecule has 1 amide bonds. The molecule has 0 aromatic heterocycles. The number of methoxy groups -OCH3 is 3. The standard InChI is InChI=1S/C24H30FN3O4/c1-30-21-16-18(17-22(31-2)24(21)32-3)8-9-23(29)26-10-11-27-12-14-28(15-13-27)20-7-5-4-6-19(20)25/h4-9,16-17H,10-15H2,1-3H3,(H,26,29)/b9-8+. The minimum absolute atomic E-state index is 0.177. The van der Waals surface area contributed by atoms with Gasteiger partial charge in [-0.2, -0.15) is 0 Å². The largest absolute Gasteiger partial charge is 0.493 e. The second kappa shape index (κ2) is 11.4. The van der Waals surface area contributed by atoms with Crippen molar-refractivity contribution < 1.29 is 23.4 Å². The van der Waals surface area contributed by atoms with E-state index in [0.717, 1.165) is 38.3 Å². The van der Waals surface area contributed by atoms with Crippen LogP contribution in [0, 0.1) is 5.82 Å². The fraction of sp³-hybridized carbons (Fsp3) is 0.375. The lowest BCUT2D eigenvalue weighted by Gasteiger charge is -2.36. The number of nitrogens with zero attached hydrogens (tertiary/aromatic N) is 2. The average molecular weight is 444 g/mol. The minimum Gasteiger partial charge on any atom is -0.493 e. The van der Waals surface area contributed by atoms with E-state index in [1.54, 1.807) is 45.6 Å². The van der Waals surface area contributed by atoms with Gasteiger partial charge in [0.15, 0.2) is 11.5 Å². The average Bonchev–Trinajstić information content (AvgIpc) is 2.82. The lowest BCUT2D eigenvalue weighted by molar-refractivity contribution is -0.116. The number of piperazine rings is 1. The molecule has 1 heterocycles. The zero-order valence-electron chi connectivity index (χ0n) is 18.8. The van der Waals surface area contributed by atoms with Gasteiger partial charge in [-0.15, -0.1) is 0 Å². The van der Waals surface area contributed by atoms with Gasteiger partial charge in [0.2, 0.25) is 11.7 Å². The zero-order valence-corrected chi connectivity index (χ0v) is 18.8. The van der Waals surface area contributed by atoms with Crippen LogP contribution in [0.4, 0.5) is 10.1 Å². The molecule has 0 radical (unpaired) electrons. The molecule has 1 saturated heterocycles. The molecule has 172 valence electrons. The molecule has 1 aliphatic rings. The van der Waals surface area contributed by atoms with Crippen molar-refractivity contribution in [2.75, 3.05) is 65.5 Å². The summed E-state index contributed by atoms with van der Waals surface area (Å²) in [6, 6.07) is 10.4. The van der Waals surface area contributed by atoms with E-state index in [1.807, 2.05) is 12.1 Å². The van der Waals surface area contributed by atoms with Crippen LogP contribution in [0.3, 0.4) is 0 Å². The Balaban J connectivity index is 1.45. The Morgan fingerprint density at radius 3 is 2.28 bits per heavy atom. The number of ether oxygens (including phenoxy) is 3. The predicted molar refractivity (Wildman–Crippen MR) is 123 cm³/mol. The van der Waals surface area contributed by atoms with E-state index in [-0.39, 0.29) is 11.7 Å². The van der Waals surface area contributed by atoms with Crippen molar-refractivity contribution in [3.8, 4) is 17.2 Å². The normalized spacial score (nSPS) is 14.4. The van der Waals surface area contributed by atoms with Crippen LogP contribution in [0.25, 0.3) is 6.08 Å². The smallest absolute Gasteiger partial charge is 0.244 e. The van der Waals surface area contributed by atoms with Gasteiger partial charge in [0.25, 0.3) is 0 Å². The van der Waals surface area contributed by atoms with Crippen molar-refractivity contribution >= 4 is 17.7 Å². The summed E-state index contributed by atoms with van der Waals surface area (Å²) in [4.78, 5) is 16.5. The molecule has 1 aliphatic heterocycles. The predicted octanol–water partition coefficient (Wildman–Crippen LogP) is 2.80. The molecule has 0 saturated carbocycles. The van der Waals surface area contributed by atoms with Crippen molar-refractivity contribution in [3.63, 3.8) is 0 Å². The molecule has 3 rings (SSSR count). The Kier molecular flexibility index (Phi) is 8.33. The molecule has 1 fully saturated rings. The highest BCUT2D eigenvalue weighted by Crippen LogP contribution is 2.38. The number of nitrogens with one attached hydrogen (secondary N) is 1. The first kappa shape index (κ1) is 23.4. The summed E-state index contributed by atoms with van der Waals surface area (Å²) in [5, 5.41) is 2.90. The van der Waals surface area contributed by atoms with Crippen molar-refractivity contribution in [1.82, 2.24) is 10.2 Å². The second-order valence-electron chi connectivity index (χ2n) is 7.36. The number of anilines is 1. The summed E-state index contributed by atoms with van der Waals surface area (Å²) >= 11 is 0. The molecule has 2 aromatic carbocycles. The van der Waals surface area contributed by atoms with E-state index >= 15 is 0 Å². The quantitative estimate of drug-likeness (QED) is 0.602. The first-order valence-electron chi connectivity index (χ1n) is 10.5. The lowest BCUT2D eigenvalue weighted by Crippen LogP contribution is -2.48. The fourth-order valence-electron chi connectivity index (χ4n) is 3.69. The number of halogens is 1.